The molecule has 0 radical (unpaired) electrons. The third-order valence-corrected chi connectivity index (χ3v) is 4.49. The monoisotopic (exact) mass is 289 g/mol. The van der Waals surface area contributed by atoms with Crippen molar-refractivity contribution in [3.63, 3.8) is 0 Å². The van der Waals surface area contributed by atoms with Gasteiger partial charge in [-0.3, -0.25) is 4.79 Å². The average Bonchev–Trinajstić information content (AvgIpc) is 2.76. The summed E-state index contributed by atoms with van der Waals surface area (Å²) in [4.78, 5) is 13.0. The van der Waals surface area contributed by atoms with Gasteiger partial charge >= 0.3 is 0 Å². The van der Waals surface area contributed by atoms with Crippen LogP contribution >= 0.6 is 27.3 Å². The Hall–Kier alpha value is -0.230. The Bertz CT molecular complexity index is 366. The third-order valence-electron chi connectivity index (χ3n) is 2.56. The second-order valence-electron chi connectivity index (χ2n) is 3.64. The number of ether oxygens (including phenoxy) is 1. The molecule has 3 nitrogen and oxygen atoms in total. The maximum Gasteiger partial charge on any atom is 0.145 e. The second kappa shape index (κ2) is 4.74. The van der Waals surface area contributed by atoms with E-state index in [1.807, 2.05) is 11.4 Å². The number of halogens is 1. The van der Waals surface area contributed by atoms with Gasteiger partial charge in [0.15, 0.2) is 0 Å². The van der Waals surface area contributed by atoms with E-state index in [-0.39, 0.29) is 17.7 Å². The molecule has 0 aromatic carbocycles. The Labute approximate surface area is 101 Å². The predicted molar refractivity (Wildman–Crippen MR) is 63.0 cm³/mol. The molecule has 1 fully saturated rings. The fourth-order valence-corrected chi connectivity index (χ4v) is 3.15. The fourth-order valence-electron chi connectivity index (χ4n) is 1.64. The molecule has 0 saturated carbocycles. The molecule has 1 saturated heterocycles. The van der Waals surface area contributed by atoms with E-state index in [0.717, 1.165) is 9.35 Å². The minimum absolute atomic E-state index is 0.126. The van der Waals surface area contributed by atoms with Gasteiger partial charge in [-0.2, -0.15) is 0 Å². The zero-order chi connectivity index (χ0) is 10.8. The van der Waals surface area contributed by atoms with Gasteiger partial charge < -0.3 is 10.5 Å². The first kappa shape index (κ1) is 11.3. The highest BCUT2D eigenvalue weighted by molar-refractivity contribution is 9.10. The molecule has 2 unspecified atom stereocenters. The number of carbonyl (C=O) groups is 1. The summed E-state index contributed by atoms with van der Waals surface area (Å²) in [5.74, 6) is 0.0575. The molecule has 15 heavy (non-hydrogen) atoms. The molecular formula is C10H12BrNO2S. The molecule has 2 rings (SSSR count). The topological polar surface area (TPSA) is 52.3 Å². The summed E-state index contributed by atoms with van der Waals surface area (Å²) in [6.45, 7) is 0.977. The molecule has 82 valence electrons. The van der Waals surface area contributed by atoms with Crippen molar-refractivity contribution in [3.8, 4) is 0 Å². The Morgan fingerprint density at radius 1 is 1.67 bits per heavy atom. The van der Waals surface area contributed by atoms with Gasteiger partial charge in [0, 0.05) is 21.8 Å². The Kier molecular flexibility index (Phi) is 3.56. The predicted octanol–water partition coefficient (Wildman–Crippen LogP) is 1.60. The molecule has 2 heterocycles. The largest absolute Gasteiger partial charge is 0.379 e. The van der Waals surface area contributed by atoms with Gasteiger partial charge in [-0.1, -0.05) is 0 Å². The van der Waals surface area contributed by atoms with E-state index in [2.05, 4.69) is 15.9 Å². The summed E-state index contributed by atoms with van der Waals surface area (Å²) < 4.78 is 6.19. The van der Waals surface area contributed by atoms with Gasteiger partial charge in [0.2, 0.25) is 0 Å². The average molecular weight is 290 g/mol. The Balaban J connectivity index is 2.01. The summed E-state index contributed by atoms with van der Waals surface area (Å²) in [6, 6.07) is 1.83. The number of ketones is 1. The normalized spacial score (nSPS) is 25.7. The summed E-state index contributed by atoms with van der Waals surface area (Å²) in [7, 11) is 0. The maximum absolute atomic E-state index is 11.9. The molecule has 1 aliphatic heterocycles. The van der Waals surface area contributed by atoms with Crippen molar-refractivity contribution in [3.05, 3.63) is 20.8 Å². The highest BCUT2D eigenvalue weighted by atomic mass is 79.9. The summed E-state index contributed by atoms with van der Waals surface area (Å²) in [5, 5.41) is 1.97. The fraction of sp³-hybridized carbons (Fsp3) is 0.500. The molecule has 1 aromatic rings. The van der Waals surface area contributed by atoms with E-state index in [1.54, 1.807) is 11.3 Å². The van der Waals surface area contributed by atoms with Crippen LogP contribution in [0.4, 0.5) is 0 Å². The first-order valence-corrected chi connectivity index (χ1v) is 6.43. The molecule has 2 atom stereocenters. The van der Waals surface area contributed by atoms with Gasteiger partial charge in [-0.15, -0.1) is 11.3 Å². The lowest BCUT2D eigenvalue weighted by atomic mass is 9.97. The summed E-state index contributed by atoms with van der Waals surface area (Å²) >= 11 is 5.00. The third kappa shape index (κ3) is 2.47. The van der Waals surface area contributed by atoms with Crippen molar-refractivity contribution in [2.24, 2.45) is 11.7 Å². The molecular weight excluding hydrogens is 278 g/mol. The molecule has 0 amide bonds. The van der Waals surface area contributed by atoms with Crippen molar-refractivity contribution < 1.29 is 9.53 Å². The van der Waals surface area contributed by atoms with Crippen LogP contribution in [0.15, 0.2) is 15.9 Å². The summed E-state index contributed by atoms with van der Waals surface area (Å²) in [6.07, 6.45) is 0.458. The van der Waals surface area contributed by atoms with Crippen LogP contribution in [-0.4, -0.2) is 25.0 Å². The van der Waals surface area contributed by atoms with Gasteiger partial charge in [0.1, 0.15) is 5.78 Å². The van der Waals surface area contributed by atoms with Crippen LogP contribution in [0.3, 0.4) is 0 Å². The number of carbonyl (C=O) groups excluding carboxylic acids is 1. The Morgan fingerprint density at radius 3 is 3.00 bits per heavy atom. The SMILES string of the molecule is NC1COCC1C(=O)Cc1sccc1Br. The van der Waals surface area contributed by atoms with Crippen LogP contribution in [0.2, 0.25) is 0 Å². The number of Topliss-reactive ketones (excluding diaryl/α,β-unsaturated/α-hetero) is 1. The van der Waals surface area contributed by atoms with Gasteiger partial charge in [0.25, 0.3) is 0 Å². The number of hydrogen-bond acceptors (Lipinski definition) is 4. The van der Waals surface area contributed by atoms with Gasteiger partial charge in [-0.25, -0.2) is 0 Å². The maximum atomic E-state index is 11.9. The molecule has 1 aromatic heterocycles. The highest BCUT2D eigenvalue weighted by Gasteiger charge is 2.31. The van der Waals surface area contributed by atoms with Gasteiger partial charge in [0.05, 0.1) is 19.1 Å². The van der Waals surface area contributed by atoms with Crippen molar-refractivity contribution in [1.82, 2.24) is 0 Å². The molecule has 2 N–H and O–H groups in total. The van der Waals surface area contributed by atoms with Crippen LogP contribution in [0.25, 0.3) is 0 Å². The Morgan fingerprint density at radius 2 is 2.47 bits per heavy atom. The van der Waals surface area contributed by atoms with Crippen LogP contribution < -0.4 is 5.73 Å². The van der Waals surface area contributed by atoms with E-state index < -0.39 is 0 Å². The van der Waals surface area contributed by atoms with Crippen LogP contribution in [0.5, 0.6) is 0 Å². The molecule has 5 heteroatoms. The summed E-state index contributed by atoms with van der Waals surface area (Å²) in [5.41, 5.74) is 5.79. The van der Waals surface area contributed by atoms with E-state index in [9.17, 15) is 4.79 Å². The zero-order valence-corrected chi connectivity index (χ0v) is 10.5. The molecule has 1 aliphatic rings. The molecule has 0 bridgehead atoms. The van der Waals surface area contributed by atoms with Crippen LogP contribution in [0.1, 0.15) is 4.88 Å². The first-order chi connectivity index (χ1) is 7.18. The minimum Gasteiger partial charge on any atom is -0.379 e. The van der Waals surface area contributed by atoms with E-state index in [4.69, 9.17) is 10.5 Å². The van der Waals surface area contributed by atoms with Gasteiger partial charge in [-0.05, 0) is 27.4 Å². The second-order valence-corrected chi connectivity index (χ2v) is 5.50. The lowest BCUT2D eigenvalue weighted by Crippen LogP contribution is -2.34. The minimum atomic E-state index is -0.128. The quantitative estimate of drug-likeness (QED) is 0.920. The standard InChI is InChI=1S/C10H12BrNO2S/c11-7-1-2-15-10(7)3-9(13)6-4-14-5-8(6)12/h1-2,6,8H,3-5,12H2. The van der Waals surface area contributed by atoms with Crippen molar-refractivity contribution in [2.45, 2.75) is 12.5 Å². The molecule has 0 spiro atoms. The van der Waals surface area contributed by atoms with Crippen molar-refractivity contribution in [2.75, 3.05) is 13.2 Å². The lowest BCUT2D eigenvalue weighted by molar-refractivity contribution is -0.122. The van der Waals surface area contributed by atoms with E-state index in [1.165, 1.54) is 0 Å². The van der Waals surface area contributed by atoms with Crippen LogP contribution in [0, 0.1) is 5.92 Å². The first-order valence-electron chi connectivity index (χ1n) is 4.76. The number of rotatable bonds is 3. The lowest BCUT2D eigenvalue weighted by Gasteiger charge is -2.10. The molecule has 0 aliphatic carbocycles. The van der Waals surface area contributed by atoms with E-state index >= 15 is 0 Å². The highest BCUT2D eigenvalue weighted by Crippen LogP contribution is 2.25. The smallest absolute Gasteiger partial charge is 0.145 e. The number of nitrogens with two attached hydrogens (primary N) is 1. The number of thiophene rings is 1. The van der Waals surface area contributed by atoms with Crippen molar-refractivity contribution >= 4 is 33.0 Å². The van der Waals surface area contributed by atoms with Crippen LogP contribution in [-0.2, 0) is 16.0 Å². The zero-order valence-electron chi connectivity index (χ0n) is 8.11. The van der Waals surface area contributed by atoms with Crippen molar-refractivity contribution in [1.29, 1.82) is 0 Å². The van der Waals surface area contributed by atoms with E-state index in [0.29, 0.717) is 19.6 Å². The number of hydrogen-bond donors (Lipinski definition) is 1.